The van der Waals surface area contributed by atoms with Crippen molar-refractivity contribution in [2.24, 2.45) is 44.8 Å². The van der Waals surface area contributed by atoms with Gasteiger partial charge in [0, 0.05) is 37.1 Å². The smallest absolute Gasteiger partial charge is 0.142 e. The number of nitrogens with zero attached hydrogens (tertiary/aromatic N) is 2. The molecule has 5 fully saturated rings. The number of halogens is 1. The number of fused-ring (bicyclic) bond motifs is 5. The monoisotopic (exact) mass is 419 g/mol. The average molecular weight is 420 g/mol. The van der Waals surface area contributed by atoms with E-state index in [4.69, 9.17) is 4.84 Å². The number of nitrogens with one attached hydrogen (secondary N) is 1. The number of rotatable bonds is 2. The first-order chi connectivity index (χ1) is 14.4. The summed E-state index contributed by atoms with van der Waals surface area (Å²) in [5.41, 5.74) is 0.708. The number of carbonyl (C=O) groups excluding carboxylic acids is 1. The third-order valence-electron chi connectivity index (χ3n) is 9.49. The molecular formula is C23H34FN3O3. The summed E-state index contributed by atoms with van der Waals surface area (Å²) in [5.74, 6) is 1.36. The van der Waals surface area contributed by atoms with Crippen LogP contribution in [0.3, 0.4) is 0 Å². The molecule has 30 heavy (non-hydrogen) atoms. The normalized spacial score (nSPS) is 51.0. The first kappa shape index (κ1) is 20.4. The van der Waals surface area contributed by atoms with E-state index in [0.717, 1.165) is 44.5 Å². The van der Waals surface area contributed by atoms with Gasteiger partial charge in [-0.1, -0.05) is 24.2 Å². The van der Waals surface area contributed by atoms with Crippen LogP contribution in [0.5, 0.6) is 0 Å². The van der Waals surface area contributed by atoms with E-state index < -0.39 is 6.17 Å². The summed E-state index contributed by atoms with van der Waals surface area (Å²) < 4.78 is 15.4. The quantitative estimate of drug-likeness (QED) is 0.528. The molecule has 7 heteroatoms. The highest BCUT2D eigenvalue weighted by Crippen LogP contribution is 2.64. The van der Waals surface area contributed by atoms with Gasteiger partial charge in [-0.3, -0.25) is 4.79 Å². The highest BCUT2D eigenvalue weighted by atomic mass is 19.1. The number of ketones is 1. The highest BCUT2D eigenvalue weighted by molar-refractivity contribution is 5.97. The molecule has 0 aromatic rings. The van der Waals surface area contributed by atoms with Crippen LogP contribution >= 0.6 is 0 Å². The fraction of sp³-hybridized carbons (Fsp3) is 0.870. The summed E-state index contributed by atoms with van der Waals surface area (Å²) in [5, 5.41) is 21.1. The van der Waals surface area contributed by atoms with Gasteiger partial charge in [0.1, 0.15) is 18.1 Å². The van der Waals surface area contributed by atoms with E-state index in [1.807, 2.05) is 0 Å². The molecule has 5 rings (SSSR count). The summed E-state index contributed by atoms with van der Waals surface area (Å²) >= 11 is 0. The van der Waals surface area contributed by atoms with E-state index in [-0.39, 0.29) is 22.9 Å². The number of Topliss-reactive ketones (excluding diaryl/α,β-unsaturated/α-hetero) is 1. The van der Waals surface area contributed by atoms with Crippen LogP contribution in [0.15, 0.2) is 10.3 Å². The van der Waals surface area contributed by atoms with Crippen molar-refractivity contribution in [1.29, 1.82) is 0 Å². The van der Waals surface area contributed by atoms with Crippen LogP contribution in [-0.4, -0.2) is 47.8 Å². The fourth-order valence-electron chi connectivity index (χ4n) is 7.74. The Bertz CT molecular complexity index is 780. The molecule has 166 valence electrons. The number of carbonyl (C=O) groups is 1. The van der Waals surface area contributed by atoms with Gasteiger partial charge in [-0.25, -0.2) is 4.39 Å². The summed E-state index contributed by atoms with van der Waals surface area (Å²) in [6.07, 6.45) is 4.78. The first-order valence-corrected chi connectivity index (χ1v) is 11.7. The van der Waals surface area contributed by atoms with Gasteiger partial charge in [-0.05, 0) is 61.8 Å². The Labute approximate surface area is 177 Å². The van der Waals surface area contributed by atoms with Crippen molar-refractivity contribution < 1.29 is 19.2 Å². The maximum absolute atomic E-state index is 15.4. The van der Waals surface area contributed by atoms with Crippen LogP contribution in [0.2, 0.25) is 0 Å². The summed E-state index contributed by atoms with van der Waals surface area (Å²) in [4.78, 5) is 18.2. The highest BCUT2D eigenvalue weighted by Gasteiger charge is 2.62. The van der Waals surface area contributed by atoms with E-state index >= 15 is 4.39 Å². The van der Waals surface area contributed by atoms with Crippen molar-refractivity contribution in [2.45, 2.75) is 77.5 Å². The third-order valence-corrected chi connectivity index (χ3v) is 9.49. The Morgan fingerprint density at radius 2 is 2.00 bits per heavy atom. The topological polar surface area (TPSA) is 83.3 Å². The molecule has 0 radical (unpaired) electrons. The Hall–Kier alpha value is -1.50. The molecule has 1 saturated heterocycles. The largest absolute Gasteiger partial charge is 0.411 e. The predicted molar refractivity (Wildman–Crippen MR) is 111 cm³/mol. The zero-order valence-electron chi connectivity index (χ0n) is 18.1. The van der Waals surface area contributed by atoms with Crippen LogP contribution < -0.4 is 5.32 Å². The summed E-state index contributed by atoms with van der Waals surface area (Å²) in [6.45, 7) is 5.97. The maximum atomic E-state index is 15.4. The van der Waals surface area contributed by atoms with Gasteiger partial charge in [0.05, 0.1) is 11.4 Å². The van der Waals surface area contributed by atoms with Crippen molar-refractivity contribution in [3.63, 3.8) is 0 Å². The van der Waals surface area contributed by atoms with Crippen LogP contribution in [0.25, 0.3) is 0 Å². The van der Waals surface area contributed by atoms with Crippen LogP contribution in [0.4, 0.5) is 4.39 Å². The van der Waals surface area contributed by atoms with Crippen molar-refractivity contribution in [2.75, 3.05) is 13.1 Å². The molecular weight excluding hydrogens is 385 g/mol. The minimum absolute atomic E-state index is 0.00986. The van der Waals surface area contributed by atoms with Crippen molar-refractivity contribution in [3.8, 4) is 0 Å². The van der Waals surface area contributed by atoms with E-state index in [0.29, 0.717) is 54.9 Å². The first-order valence-electron chi connectivity index (χ1n) is 11.7. The van der Waals surface area contributed by atoms with Crippen molar-refractivity contribution in [1.82, 2.24) is 5.32 Å². The molecule has 1 unspecified atom stereocenters. The van der Waals surface area contributed by atoms with Gasteiger partial charge in [0.2, 0.25) is 0 Å². The molecule has 0 aromatic heterocycles. The van der Waals surface area contributed by atoms with E-state index in [2.05, 4.69) is 29.5 Å². The molecule has 8 atom stereocenters. The van der Waals surface area contributed by atoms with Crippen LogP contribution in [0.1, 0.15) is 65.2 Å². The second kappa shape index (κ2) is 7.28. The van der Waals surface area contributed by atoms with Crippen molar-refractivity contribution in [3.05, 3.63) is 0 Å². The second-order valence-electron chi connectivity index (χ2n) is 10.8. The Morgan fingerprint density at radius 3 is 2.73 bits per heavy atom. The summed E-state index contributed by atoms with van der Waals surface area (Å²) in [7, 11) is 0. The van der Waals surface area contributed by atoms with Gasteiger partial charge >= 0.3 is 0 Å². The van der Waals surface area contributed by atoms with Crippen LogP contribution in [0, 0.1) is 34.5 Å². The lowest BCUT2D eigenvalue weighted by atomic mass is 9.44. The molecule has 1 heterocycles. The second-order valence-corrected chi connectivity index (χ2v) is 10.8. The van der Waals surface area contributed by atoms with Gasteiger partial charge in [-0.2, -0.15) is 0 Å². The number of hydrogen-bond acceptors (Lipinski definition) is 6. The third kappa shape index (κ3) is 2.94. The average Bonchev–Trinajstić information content (AvgIpc) is 3.34. The molecule has 2 N–H and O–H groups in total. The van der Waals surface area contributed by atoms with E-state index in [9.17, 15) is 10.0 Å². The molecule has 0 aromatic carbocycles. The molecule has 0 bridgehead atoms. The fourth-order valence-corrected chi connectivity index (χ4v) is 7.74. The lowest BCUT2D eigenvalue weighted by Gasteiger charge is -2.59. The van der Waals surface area contributed by atoms with Crippen molar-refractivity contribution >= 4 is 17.2 Å². The predicted octanol–water partition coefficient (Wildman–Crippen LogP) is 3.72. The molecule has 4 aliphatic carbocycles. The van der Waals surface area contributed by atoms with E-state index in [1.165, 1.54) is 0 Å². The zero-order valence-corrected chi connectivity index (χ0v) is 18.1. The maximum Gasteiger partial charge on any atom is 0.142 e. The standard InChI is InChI=1S/C23H34FN3O3/c1-22-7-5-16-14(15(22)3-4-21(22)28)9-19(26-29)17-10-20(18(24)11-23(16,17)2)27-30-13-6-8-25-12-13/h13-18,25,29H,3-12H2,1-2H3/b26-19+,27-20+/t13-,14+,15+,16+,17?,18-,22+,23-/m1/s1. The zero-order chi connectivity index (χ0) is 21.1. The Balaban J connectivity index is 1.42. The molecule has 1 aliphatic heterocycles. The lowest BCUT2D eigenvalue weighted by molar-refractivity contribution is -0.133. The van der Waals surface area contributed by atoms with Gasteiger partial charge in [0.25, 0.3) is 0 Å². The Kier molecular flexibility index (Phi) is 4.95. The molecule has 5 aliphatic rings. The molecule has 6 nitrogen and oxygen atoms in total. The van der Waals surface area contributed by atoms with Gasteiger partial charge in [0.15, 0.2) is 0 Å². The minimum Gasteiger partial charge on any atom is -0.411 e. The SMILES string of the molecule is C[C@]12C[C@@H](F)/C(=N/O[C@@H]3CCNC3)CC1/C(=N/O)C[C@@H]1[C@@H]2CC[C@]2(C)C(=O)CC[C@@H]12. The number of hydrogen-bond donors (Lipinski definition) is 2. The van der Waals surface area contributed by atoms with Gasteiger partial charge < -0.3 is 15.4 Å². The number of alkyl halides is 1. The molecule has 0 amide bonds. The van der Waals surface area contributed by atoms with E-state index in [1.54, 1.807) is 0 Å². The van der Waals surface area contributed by atoms with Crippen LogP contribution in [-0.2, 0) is 9.63 Å². The Morgan fingerprint density at radius 1 is 1.17 bits per heavy atom. The molecule has 4 saturated carbocycles. The molecule has 0 spiro atoms. The number of oxime groups is 2. The lowest BCUT2D eigenvalue weighted by Crippen LogP contribution is -2.58. The van der Waals surface area contributed by atoms with Gasteiger partial charge in [-0.15, -0.1) is 0 Å². The minimum atomic E-state index is -1.13. The summed E-state index contributed by atoms with van der Waals surface area (Å²) in [6, 6.07) is 0.